The number of nitrogens with one attached hydrogen (secondary N) is 2. The number of amides is 1. The number of carbonyl (C=O) groups excluding carboxylic acids is 1. The molecular weight excluding hydrogens is 212 g/mol. The molecule has 8 heteroatoms. The minimum absolute atomic E-state index is 0.102. The van der Waals surface area contributed by atoms with Crippen molar-refractivity contribution in [2.24, 2.45) is 0 Å². The normalized spacial score (nSPS) is 10.9. The van der Waals surface area contributed by atoms with Crippen molar-refractivity contribution in [2.75, 3.05) is 19.3 Å². The van der Waals surface area contributed by atoms with E-state index in [0.29, 0.717) is 0 Å². The first-order valence-electron chi connectivity index (χ1n) is 3.77. The van der Waals surface area contributed by atoms with Gasteiger partial charge in [-0.15, -0.1) is 0 Å². The second-order valence-electron chi connectivity index (χ2n) is 2.44. The van der Waals surface area contributed by atoms with E-state index in [9.17, 15) is 18.0 Å². The molecule has 0 atom stereocenters. The second kappa shape index (κ2) is 5.55. The number of carbonyl (C=O) groups is 2. The molecule has 0 rings (SSSR count). The molecule has 7 nitrogen and oxygen atoms in total. The third kappa shape index (κ3) is 6.38. The summed E-state index contributed by atoms with van der Waals surface area (Å²) in [6.45, 7) is -0.102. The molecule has 0 aromatic rings. The summed E-state index contributed by atoms with van der Waals surface area (Å²) in [5.74, 6) is -2.22. The Hall–Kier alpha value is -1.15. The first-order chi connectivity index (χ1) is 6.37. The van der Waals surface area contributed by atoms with E-state index in [0.717, 1.165) is 0 Å². The molecule has 0 aliphatic rings. The SMILES string of the molecule is CNS(=O)(=O)CCNC(=O)CC(=O)O. The van der Waals surface area contributed by atoms with Crippen LogP contribution in [0.4, 0.5) is 0 Å². The Morgan fingerprint density at radius 1 is 1.36 bits per heavy atom. The van der Waals surface area contributed by atoms with Crippen LogP contribution in [0.5, 0.6) is 0 Å². The highest BCUT2D eigenvalue weighted by Gasteiger charge is 2.09. The highest BCUT2D eigenvalue weighted by molar-refractivity contribution is 7.89. The minimum atomic E-state index is -3.36. The molecule has 14 heavy (non-hydrogen) atoms. The first-order valence-corrected chi connectivity index (χ1v) is 5.42. The van der Waals surface area contributed by atoms with E-state index < -0.39 is 28.3 Å². The van der Waals surface area contributed by atoms with E-state index in [1.54, 1.807) is 0 Å². The quantitative estimate of drug-likeness (QED) is 0.457. The van der Waals surface area contributed by atoms with Gasteiger partial charge in [-0.1, -0.05) is 0 Å². The van der Waals surface area contributed by atoms with Crippen molar-refractivity contribution in [3.63, 3.8) is 0 Å². The topological polar surface area (TPSA) is 113 Å². The monoisotopic (exact) mass is 224 g/mol. The van der Waals surface area contributed by atoms with Crippen LogP contribution in [0.15, 0.2) is 0 Å². The predicted molar refractivity (Wildman–Crippen MR) is 48.1 cm³/mol. The van der Waals surface area contributed by atoms with Crippen molar-refractivity contribution in [1.82, 2.24) is 10.0 Å². The van der Waals surface area contributed by atoms with Crippen LogP contribution in [0.2, 0.25) is 0 Å². The number of carboxylic acid groups (broad SMARTS) is 1. The molecule has 0 aliphatic carbocycles. The largest absolute Gasteiger partial charge is 0.481 e. The number of sulfonamides is 1. The molecule has 0 aromatic heterocycles. The lowest BCUT2D eigenvalue weighted by Crippen LogP contribution is -2.33. The molecule has 0 aliphatic heterocycles. The van der Waals surface area contributed by atoms with Crippen LogP contribution < -0.4 is 10.0 Å². The lowest BCUT2D eigenvalue weighted by Gasteiger charge is -2.03. The molecule has 0 aromatic carbocycles. The van der Waals surface area contributed by atoms with E-state index in [1.165, 1.54) is 7.05 Å². The Morgan fingerprint density at radius 2 is 1.93 bits per heavy atom. The molecule has 0 radical (unpaired) electrons. The molecule has 0 bridgehead atoms. The van der Waals surface area contributed by atoms with Crippen molar-refractivity contribution in [1.29, 1.82) is 0 Å². The third-order valence-electron chi connectivity index (χ3n) is 1.32. The smallest absolute Gasteiger partial charge is 0.312 e. The average Bonchev–Trinajstić information content (AvgIpc) is 2.02. The third-order valence-corrected chi connectivity index (χ3v) is 2.68. The lowest BCUT2D eigenvalue weighted by molar-refractivity contribution is -0.140. The maximum Gasteiger partial charge on any atom is 0.312 e. The second-order valence-corrected chi connectivity index (χ2v) is 4.49. The number of hydrogen-bond acceptors (Lipinski definition) is 4. The van der Waals surface area contributed by atoms with Crippen LogP contribution in [0, 0.1) is 0 Å². The molecule has 82 valence electrons. The van der Waals surface area contributed by atoms with Gasteiger partial charge >= 0.3 is 5.97 Å². The van der Waals surface area contributed by atoms with Gasteiger partial charge in [-0.05, 0) is 7.05 Å². The van der Waals surface area contributed by atoms with Crippen LogP contribution in [-0.2, 0) is 19.6 Å². The molecule has 1 amide bonds. The van der Waals surface area contributed by atoms with Crippen LogP contribution in [0.3, 0.4) is 0 Å². The minimum Gasteiger partial charge on any atom is -0.481 e. The van der Waals surface area contributed by atoms with Crippen molar-refractivity contribution in [2.45, 2.75) is 6.42 Å². The Kier molecular flexibility index (Phi) is 5.10. The van der Waals surface area contributed by atoms with E-state index in [-0.39, 0.29) is 12.3 Å². The maximum atomic E-state index is 10.8. The molecule has 3 N–H and O–H groups in total. The van der Waals surface area contributed by atoms with Gasteiger partial charge in [0.25, 0.3) is 0 Å². The number of carboxylic acids is 1. The standard InChI is InChI=1S/C6H12N2O5S/c1-7-14(12,13)3-2-8-5(9)4-6(10)11/h7H,2-4H2,1H3,(H,8,9)(H,10,11). The van der Waals surface area contributed by atoms with Gasteiger partial charge in [-0.3, -0.25) is 9.59 Å². The zero-order chi connectivity index (χ0) is 11.2. The van der Waals surface area contributed by atoms with Crippen molar-refractivity contribution in [3.8, 4) is 0 Å². The Balaban J connectivity index is 3.75. The molecule has 0 unspecified atom stereocenters. The summed E-state index contributed by atoms with van der Waals surface area (Å²) in [5, 5.41) is 10.4. The zero-order valence-electron chi connectivity index (χ0n) is 7.61. The predicted octanol–water partition coefficient (Wildman–Crippen LogP) is -1.87. The summed E-state index contributed by atoms with van der Waals surface area (Å²) in [6, 6.07) is 0. The van der Waals surface area contributed by atoms with Gasteiger partial charge in [0.05, 0.1) is 5.75 Å². The highest BCUT2D eigenvalue weighted by Crippen LogP contribution is 1.82. The lowest BCUT2D eigenvalue weighted by atomic mass is 10.4. The van der Waals surface area contributed by atoms with Crippen LogP contribution in [0.25, 0.3) is 0 Å². The van der Waals surface area contributed by atoms with E-state index in [4.69, 9.17) is 5.11 Å². The van der Waals surface area contributed by atoms with E-state index >= 15 is 0 Å². The van der Waals surface area contributed by atoms with Gasteiger partial charge in [-0.25, -0.2) is 13.1 Å². The number of hydrogen-bond donors (Lipinski definition) is 3. The summed E-state index contributed by atoms with van der Waals surface area (Å²) < 4.78 is 23.7. The Labute approximate surface area is 81.5 Å². The number of aliphatic carboxylic acids is 1. The number of rotatable bonds is 6. The molecule has 0 heterocycles. The molecule has 0 fully saturated rings. The Bertz CT molecular complexity index is 310. The Morgan fingerprint density at radius 3 is 2.36 bits per heavy atom. The molecule has 0 saturated heterocycles. The maximum absolute atomic E-state index is 10.8. The van der Waals surface area contributed by atoms with Gasteiger partial charge in [0.15, 0.2) is 0 Å². The molecular formula is C6H12N2O5S. The van der Waals surface area contributed by atoms with Crippen LogP contribution >= 0.6 is 0 Å². The van der Waals surface area contributed by atoms with Crippen molar-refractivity contribution < 1.29 is 23.1 Å². The average molecular weight is 224 g/mol. The zero-order valence-corrected chi connectivity index (χ0v) is 8.43. The van der Waals surface area contributed by atoms with Gasteiger partial charge in [0, 0.05) is 6.54 Å². The van der Waals surface area contributed by atoms with Gasteiger partial charge < -0.3 is 10.4 Å². The van der Waals surface area contributed by atoms with Crippen molar-refractivity contribution >= 4 is 21.9 Å². The van der Waals surface area contributed by atoms with E-state index in [1.807, 2.05) is 0 Å². The highest BCUT2D eigenvalue weighted by atomic mass is 32.2. The summed E-state index contributed by atoms with van der Waals surface area (Å²) in [6.07, 6.45) is -0.653. The van der Waals surface area contributed by atoms with Gasteiger partial charge in [-0.2, -0.15) is 0 Å². The van der Waals surface area contributed by atoms with Crippen LogP contribution in [0.1, 0.15) is 6.42 Å². The first kappa shape index (κ1) is 12.8. The fourth-order valence-electron chi connectivity index (χ4n) is 0.627. The van der Waals surface area contributed by atoms with Crippen molar-refractivity contribution in [3.05, 3.63) is 0 Å². The fourth-order valence-corrected chi connectivity index (χ4v) is 1.20. The summed E-state index contributed by atoms with van der Waals surface area (Å²) in [5.41, 5.74) is 0. The van der Waals surface area contributed by atoms with Gasteiger partial charge in [0.2, 0.25) is 15.9 Å². The summed E-state index contributed by atoms with van der Waals surface area (Å²) >= 11 is 0. The van der Waals surface area contributed by atoms with E-state index in [2.05, 4.69) is 10.0 Å². The van der Waals surface area contributed by atoms with Crippen LogP contribution in [-0.4, -0.2) is 44.7 Å². The molecule has 0 spiro atoms. The summed E-state index contributed by atoms with van der Waals surface area (Å²) in [4.78, 5) is 20.8. The fraction of sp³-hybridized carbons (Fsp3) is 0.667. The summed E-state index contributed by atoms with van der Waals surface area (Å²) in [7, 11) is -2.10. The van der Waals surface area contributed by atoms with Gasteiger partial charge in [0.1, 0.15) is 6.42 Å². The molecule has 0 saturated carbocycles.